The van der Waals surface area contributed by atoms with E-state index in [-0.39, 0.29) is 5.41 Å². The lowest BCUT2D eigenvalue weighted by Gasteiger charge is -2.55. The summed E-state index contributed by atoms with van der Waals surface area (Å²) < 4.78 is 0. The van der Waals surface area contributed by atoms with Gasteiger partial charge in [-0.1, -0.05) is 38.1 Å². The first-order chi connectivity index (χ1) is 7.56. The summed E-state index contributed by atoms with van der Waals surface area (Å²) >= 11 is 0. The quantitative estimate of drug-likeness (QED) is 0.695. The van der Waals surface area contributed by atoms with Gasteiger partial charge in [0.05, 0.1) is 5.60 Å². The van der Waals surface area contributed by atoms with Crippen LogP contribution in [0.15, 0.2) is 24.3 Å². The third kappa shape index (κ3) is 1.09. The van der Waals surface area contributed by atoms with E-state index in [1.165, 1.54) is 5.56 Å². The van der Waals surface area contributed by atoms with E-state index in [9.17, 15) is 5.11 Å². The zero-order chi connectivity index (χ0) is 11.4. The Kier molecular flexibility index (Phi) is 1.99. The molecule has 0 radical (unpaired) electrons. The van der Waals surface area contributed by atoms with E-state index in [4.69, 9.17) is 0 Å². The SMILES string of the molecule is CC1(C)C2Cc3ccccc3C1(O)CCN2. The molecule has 2 unspecified atom stereocenters. The highest BCUT2D eigenvalue weighted by atomic mass is 16.3. The van der Waals surface area contributed by atoms with Gasteiger partial charge >= 0.3 is 0 Å². The van der Waals surface area contributed by atoms with Crippen LogP contribution in [0.3, 0.4) is 0 Å². The standard InChI is InChI=1S/C14H19NO/c1-13(2)12-9-10-5-3-4-6-11(10)14(13,16)7-8-15-12/h3-6,12,15-16H,7-9H2,1-2H3. The summed E-state index contributed by atoms with van der Waals surface area (Å²) in [4.78, 5) is 0. The largest absolute Gasteiger partial charge is 0.384 e. The van der Waals surface area contributed by atoms with Crippen molar-refractivity contribution in [2.75, 3.05) is 6.54 Å². The maximum Gasteiger partial charge on any atom is 0.0976 e. The van der Waals surface area contributed by atoms with E-state index < -0.39 is 5.60 Å². The predicted molar refractivity (Wildman–Crippen MR) is 64.2 cm³/mol. The van der Waals surface area contributed by atoms with Gasteiger partial charge in [-0.25, -0.2) is 0 Å². The number of benzene rings is 1. The molecule has 1 aliphatic carbocycles. The van der Waals surface area contributed by atoms with Gasteiger partial charge in [-0.2, -0.15) is 0 Å². The van der Waals surface area contributed by atoms with Crippen molar-refractivity contribution in [3.8, 4) is 0 Å². The Hall–Kier alpha value is -0.860. The Balaban J connectivity index is 2.22. The van der Waals surface area contributed by atoms with Crippen molar-refractivity contribution in [2.45, 2.75) is 38.3 Å². The number of hydrogen-bond acceptors (Lipinski definition) is 2. The lowest BCUT2D eigenvalue weighted by molar-refractivity contribution is -0.125. The molecule has 0 saturated carbocycles. The van der Waals surface area contributed by atoms with E-state index in [1.807, 2.05) is 6.07 Å². The highest BCUT2D eigenvalue weighted by molar-refractivity contribution is 5.39. The van der Waals surface area contributed by atoms with Crippen molar-refractivity contribution in [1.82, 2.24) is 5.32 Å². The molecule has 2 N–H and O–H groups in total. The molecular formula is C14H19NO. The van der Waals surface area contributed by atoms with Gasteiger partial charge in [0.25, 0.3) is 0 Å². The topological polar surface area (TPSA) is 32.3 Å². The zero-order valence-electron chi connectivity index (χ0n) is 9.96. The molecule has 1 fully saturated rings. The highest BCUT2D eigenvalue weighted by Crippen LogP contribution is 2.51. The average Bonchev–Trinajstić information content (AvgIpc) is 2.23. The fraction of sp³-hybridized carbons (Fsp3) is 0.571. The van der Waals surface area contributed by atoms with Gasteiger partial charge in [-0.15, -0.1) is 0 Å². The molecule has 2 nitrogen and oxygen atoms in total. The molecular weight excluding hydrogens is 198 g/mol. The van der Waals surface area contributed by atoms with E-state index in [2.05, 4.69) is 37.4 Å². The molecule has 1 saturated heterocycles. The first-order valence-corrected chi connectivity index (χ1v) is 6.10. The molecule has 2 aliphatic rings. The fourth-order valence-corrected chi connectivity index (χ4v) is 3.42. The highest BCUT2D eigenvalue weighted by Gasteiger charge is 2.55. The van der Waals surface area contributed by atoms with Crippen LogP contribution in [0.1, 0.15) is 31.4 Å². The van der Waals surface area contributed by atoms with Crippen LogP contribution in [-0.2, 0) is 12.0 Å². The minimum atomic E-state index is -0.655. The first-order valence-electron chi connectivity index (χ1n) is 6.10. The number of fused-ring (bicyclic) bond motifs is 4. The van der Waals surface area contributed by atoms with Crippen molar-refractivity contribution in [1.29, 1.82) is 0 Å². The molecule has 1 aromatic rings. The van der Waals surface area contributed by atoms with Crippen LogP contribution in [-0.4, -0.2) is 17.7 Å². The molecule has 3 rings (SSSR count). The number of nitrogens with one attached hydrogen (secondary N) is 1. The Labute approximate surface area is 96.7 Å². The Morgan fingerprint density at radius 1 is 1.31 bits per heavy atom. The van der Waals surface area contributed by atoms with Crippen LogP contribution >= 0.6 is 0 Å². The predicted octanol–water partition coefficient (Wildman–Crippen LogP) is 1.82. The first kappa shape index (κ1) is 10.3. The molecule has 2 heteroatoms. The molecule has 1 aliphatic heterocycles. The third-order valence-corrected chi connectivity index (χ3v) is 4.70. The second-order valence-corrected chi connectivity index (χ2v) is 5.70. The van der Waals surface area contributed by atoms with Crippen molar-refractivity contribution in [2.24, 2.45) is 5.41 Å². The van der Waals surface area contributed by atoms with Crippen LogP contribution in [0.5, 0.6) is 0 Å². The molecule has 0 amide bonds. The zero-order valence-corrected chi connectivity index (χ0v) is 9.96. The number of piperidine rings is 1. The van der Waals surface area contributed by atoms with Gasteiger partial charge in [-0.05, 0) is 30.5 Å². The summed E-state index contributed by atoms with van der Waals surface area (Å²) in [5.74, 6) is 0. The molecule has 0 aromatic heterocycles. The van der Waals surface area contributed by atoms with Crippen LogP contribution < -0.4 is 5.32 Å². The maximum absolute atomic E-state index is 11.0. The van der Waals surface area contributed by atoms with E-state index >= 15 is 0 Å². The second kappa shape index (κ2) is 3.08. The number of hydrogen-bond donors (Lipinski definition) is 2. The Bertz CT molecular complexity index is 426. The molecule has 2 atom stereocenters. The summed E-state index contributed by atoms with van der Waals surface area (Å²) in [5.41, 5.74) is 1.72. The summed E-state index contributed by atoms with van der Waals surface area (Å²) in [5, 5.41) is 14.6. The lowest BCUT2D eigenvalue weighted by atomic mass is 9.57. The fourth-order valence-electron chi connectivity index (χ4n) is 3.42. The van der Waals surface area contributed by atoms with E-state index in [0.717, 1.165) is 24.9 Å². The summed E-state index contributed by atoms with van der Waals surface area (Å²) in [6.45, 7) is 5.28. The van der Waals surface area contributed by atoms with Gasteiger partial charge in [0.1, 0.15) is 0 Å². The van der Waals surface area contributed by atoms with E-state index in [0.29, 0.717) is 6.04 Å². The van der Waals surface area contributed by atoms with Crippen molar-refractivity contribution in [3.63, 3.8) is 0 Å². The monoisotopic (exact) mass is 217 g/mol. The summed E-state index contributed by atoms with van der Waals surface area (Å²) in [6, 6.07) is 8.74. The molecule has 0 spiro atoms. The van der Waals surface area contributed by atoms with Gasteiger partial charge in [0.2, 0.25) is 0 Å². The van der Waals surface area contributed by atoms with Crippen LogP contribution in [0.2, 0.25) is 0 Å². The average molecular weight is 217 g/mol. The normalized spacial score (nSPS) is 35.6. The molecule has 2 bridgehead atoms. The van der Waals surface area contributed by atoms with Gasteiger partial charge in [0.15, 0.2) is 0 Å². The van der Waals surface area contributed by atoms with Crippen LogP contribution in [0, 0.1) is 5.41 Å². The smallest absolute Gasteiger partial charge is 0.0976 e. The lowest BCUT2D eigenvalue weighted by Crippen LogP contribution is -2.63. The molecule has 86 valence electrons. The van der Waals surface area contributed by atoms with Gasteiger partial charge in [0, 0.05) is 11.5 Å². The van der Waals surface area contributed by atoms with Crippen molar-refractivity contribution < 1.29 is 5.11 Å². The minimum Gasteiger partial charge on any atom is -0.384 e. The maximum atomic E-state index is 11.0. The molecule has 1 heterocycles. The molecule has 16 heavy (non-hydrogen) atoms. The van der Waals surface area contributed by atoms with Crippen LogP contribution in [0.25, 0.3) is 0 Å². The summed E-state index contributed by atoms with van der Waals surface area (Å²) in [7, 11) is 0. The van der Waals surface area contributed by atoms with Gasteiger partial charge in [-0.3, -0.25) is 0 Å². The van der Waals surface area contributed by atoms with Gasteiger partial charge < -0.3 is 10.4 Å². The Morgan fingerprint density at radius 2 is 2.06 bits per heavy atom. The molecule has 1 aromatic carbocycles. The second-order valence-electron chi connectivity index (χ2n) is 5.70. The summed E-state index contributed by atoms with van der Waals surface area (Å²) in [6.07, 6.45) is 1.85. The number of aliphatic hydroxyl groups is 1. The van der Waals surface area contributed by atoms with Crippen LogP contribution in [0.4, 0.5) is 0 Å². The van der Waals surface area contributed by atoms with Crippen molar-refractivity contribution >= 4 is 0 Å². The number of rotatable bonds is 0. The van der Waals surface area contributed by atoms with Crippen molar-refractivity contribution in [3.05, 3.63) is 35.4 Å². The Morgan fingerprint density at radius 3 is 2.88 bits per heavy atom. The minimum absolute atomic E-state index is 0.0837. The third-order valence-electron chi connectivity index (χ3n) is 4.70. The van der Waals surface area contributed by atoms with E-state index in [1.54, 1.807) is 0 Å².